The van der Waals surface area contributed by atoms with Gasteiger partial charge in [0.2, 0.25) is 0 Å². The summed E-state index contributed by atoms with van der Waals surface area (Å²) in [7, 11) is 0. The first kappa shape index (κ1) is 20.2. The molecule has 0 radical (unpaired) electrons. The molecule has 7 nitrogen and oxygen atoms in total. The molecule has 0 spiro atoms. The van der Waals surface area contributed by atoms with Crippen molar-refractivity contribution in [1.29, 1.82) is 0 Å². The van der Waals surface area contributed by atoms with Crippen molar-refractivity contribution < 1.29 is 39.0 Å². The molecule has 2 aliphatic heterocycles. The van der Waals surface area contributed by atoms with Crippen LogP contribution in [0.1, 0.15) is 37.4 Å². The molecule has 2 heterocycles. The quantitative estimate of drug-likeness (QED) is 0.589. The highest BCUT2D eigenvalue weighted by Crippen LogP contribution is 2.44. The van der Waals surface area contributed by atoms with Crippen LogP contribution in [0.5, 0.6) is 0 Å². The van der Waals surface area contributed by atoms with E-state index in [0.29, 0.717) is 6.42 Å². The highest BCUT2D eigenvalue weighted by atomic mass is 19.1. The van der Waals surface area contributed by atoms with E-state index >= 15 is 0 Å². The van der Waals surface area contributed by atoms with E-state index < -0.39 is 37.3 Å². The van der Waals surface area contributed by atoms with Crippen molar-refractivity contribution in [1.82, 2.24) is 0 Å². The molecule has 28 heavy (non-hydrogen) atoms. The fraction of sp³-hybridized carbons (Fsp3) is 0.700. The maximum atomic E-state index is 13.7. The Balaban J connectivity index is 1.52. The van der Waals surface area contributed by atoms with E-state index in [9.17, 15) is 24.8 Å². The zero-order valence-electron chi connectivity index (χ0n) is 15.4. The van der Waals surface area contributed by atoms with Gasteiger partial charge >= 0.3 is 0 Å². The molecular formula is C20H27FO7. The topological polar surface area (TPSA) is 109 Å². The summed E-state index contributed by atoms with van der Waals surface area (Å²) in [5, 5.41) is 39.6. The Morgan fingerprint density at radius 2 is 1.89 bits per heavy atom. The highest BCUT2D eigenvalue weighted by molar-refractivity contribution is 5.20. The van der Waals surface area contributed by atoms with Gasteiger partial charge in [0, 0.05) is 12.3 Å². The lowest BCUT2D eigenvalue weighted by Gasteiger charge is -2.44. The Labute approximate surface area is 162 Å². The summed E-state index contributed by atoms with van der Waals surface area (Å²) < 4.78 is 31.4. The van der Waals surface area contributed by atoms with Crippen LogP contribution in [0.4, 0.5) is 4.39 Å². The third-order valence-corrected chi connectivity index (χ3v) is 6.14. The maximum Gasteiger partial charge on any atom is 0.186 e. The van der Waals surface area contributed by atoms with Crippen LogP contribution in [-0.4, -0.2) is 69.9 Å². The van der Waals surface area contributed by atoms with Crippen LogP contribution in [0.2, 0.25) is 0 Å². The van der Waals surface area contributed by atoms with Gasteiger partial charge in [-0.25, -0.2) is 4.39 Å². The van der Waals surface area contributed by atoms with Gasteiger partial charge in [0.25, 0.3) is 0 Å². The number of benzene rings is 1. The third kappa shape index (κ3) is 3.82. The summed E-state index contributed by atoms with van der Waals surface area (Å²) in [6.07, 6.45) is -3.99. The van der Waals surface area contributed by atoms with E-state index in [-0.39, 0.29) is 30.0 Å². The Morgan fingerprint density at radius 1 is 1.07 bits per heavy atom. The summed E-state index contributed by atoms with van der Waals surface area (Å²) in [5.74, 6) is -0.224. The van der Waals surface area contributed by atoms with Crippen molar-refractivity contribution in [3.63, 3.8) is 0 Å². The minimum Gasteiger partial charge on any atom is -0.394 e. The molecule has 3 aliphatic rings. The van der Waals surface area contributed by atoms with Crippen molar-refractivity contribution in [2.24, 2.45) is 5.92 Å². The first-order valence-electron chi connectivity index (χ1n) is 9.85. The summed E-state index contributed by atoms with van der Waals surface area (Å²) in [4.78, 5) is 0. The number of fused-ring (bicyclic) bond motifs is 1. The molecule has 8 heteroatoms. The van der Waals surface area contributed by atoms with Crippen LogP contribution in [0, 0.1) is 11.7 Å². The fourth-order valence-electron chi connectivity index (χ4n) is 4.63. The molecule has 0 unspecified atom stereocenters. The summed E-state index contributed by atoms with van der Waals surface area (Å²) in [6, 6.07) is 6.29. The van der Waals surface area contributed by atoms with Crippen molar-refractivity contribution in [3.8, 4) is 0 Å². The van der Waals surface area contributed by atoms with E-state index in [4.69, 9.17) is 14.2 Å². The molecule has 0 aromatic heterocycles. The van der Waals surface area contributed by atoms with E-state index in [0.717, 1.165) is 24.8 Å². The molecular weight excluding hydrogens is 371 g/mol. The molecule has 1 aromatic carbocycles. The smallest absolute Gasteiger partial charge is 0.186 e. The summed E-state index contributed by atoms with van der Waals surface area (Å²) in [6.45, 7) is -0.503. The van der Waals surface area contributed by atoms with E-state index in [2.05, 4.69) is 0 Å². The second-order valence-corrected chi connectivity index (χ2v) is 7.92. The predicted octanol–water partition coefficient (Wildman–Crippen LogP) is 0.641. The lowest BCUT2D eigenvalue weighted by molar-refractivity contribution is -0.323. The van der Waals surface area contributed by atoms with Crippen molar-refractivity contribution >= 4 is 0 Å². The van der Waals surface area contributed by atoms with E-state index in [1.807, 2.05) is 6.07 Å². The first-order chi connectivity index (χ1) is 13.5. The van der Waals surface area contributed by atoms with Gasteiger partial charge in [-0.15, -0.1) is 0 Å². The molecule has 4 N–H and O–H groups in total. The number of hydrogen-bond acceptors (Lipinski definition) is 7. The largest absolute Gasteiger partial charge is 0.394 e. The zero-order valence-corrected chi connectivity index (χ0v) is 15.4. The lowest BCUT2D eigenvalue weighted by Crippen LogP contribution is -2.60. The minimum atomic E-state index is -1.48. The molecule has 1 aromatic rings. The van der Waals surface area contributed by atoms with E-state index in [1.165, 1.54) is 12.1 Å². The van der Waals surface area contributed by atoms with Gasteiger partial charge in [0.1, 0.15) is 30.2 Å². The zero-order chi connectivity index (χ0) is 19.8. The Hall–Kier alpha value is -1.13. The Bertz CT molecular complexity index is 672. The number of rotatable bonds is 4. The number of aliphatic hydroxyl groups excluding tert-OH is 4. The van der Waals surface area contributed by atoms with Crippen LogP contribution in [-0.2, 0) is 14.2 Å². The third-order valence-electron chi connectivity index (χ3n) is 6.14. The summed E-state index contributed by atoms with van der Waals surface area (Å²) in [5.41, 5.74) is 0.729. The van der Waals surface area contributed by atoms with Crippen LogP contribution in [0.15, 0.2) is 24.3 Å². The number of halogens is 1. The molecule has 2 saturated heterocycles. The maximum absolute atomic E-state index is 13.7. The Morgan fingerprint density at radius 3 is 2.64 bits per heavy atom. The van der Waals surface area contributed by atoms with Crippen LogP contribution in [0.25, 0.3) is 0 Å². The number of hydrogen-bond donors (Lipinski definition) is 4. The molecule has 0 amide bonds. The van der Waals surface area contributed by atoms with Gasteiger partial charge in [-0.05, 0) is 30.5 Å². The average Bonchev–Trinajstić information content (AvgIpc) is 3.17. The van der Waals surface area contributed by atoms with Gasteiger partial charge in [-0.3, -0.25) is 0 Å². The van der Waals surface area contributed by atoms with Crippen molar-refractivity contribution in [2.45, 2.75) is 74.7 Å². The first-order valence-corrected chi connectivity index (χ1v) is 9.85. The van der Waals surface area contributed by atoms with E-state index in [1.54, 1.807) is 6.07 Å². The molecule has 9 atom stereocenters. The van der Waals surface area contributed by atoms with Gasteiger partial charge in [0.05, 0.1) is 24.9 Å². The molecule has 4 rings (SSSR count). The molecule has 1 aliphatic carbocycles. The monoisotopic (exact) mass is 398 g/mol. The molecule has 156 valence electrons. The van der Waals surface area contributed by atoms with Gasteiger partial charge in [-0.2, -0.15) is 0 Å². The number of aliphatic hydroxyl groups is 4. The highest BCUT2D eigenvalue weighted by Gasteiger charge is 2.48. The average molecular weight is 398 g/mol. The van der Waals surface area contributed by atoms with Crippen molar-refractivity contribution in [2.75, 3.05) is 6.61 Å². The minimum absolute atomic E-state index is 0.0306. The Kier molecular flexibility index (Phi) is 5.98. The number of ether oxygens (including phenoxy) is 3. The molecule has 3 fully saturated rings. The van der Waals surface area contributed by atoms with Crippen LogP contribution >= 0.6 is 0 Å². The van der Waals surface area contributed by atoms with Gasteiger partial charge in [0.15, 0.2) is 6.29 Å². The van der Waals surface area contributed by atoms with Crippen LogP contribution in [0.3, 0.4) is 0 Å². The standard InChI is InChI=1S/C20H27FO7/c21-11-4-1-3-10(7-11)14-8-15(12-5-2-6-13(12)26-14)27-20-19(25)18(24)17(23)16(9-22)28-20/h1,3-4,7,12-20,22-25H,2,5-6,8-9H2/t12-,13-,14-,15-,16+,17+,18-,19+,20+/m1/s1. The lowest BCUT2D eigenvalue weighted by atomic mass is 9.88. The van der Waals surface area contributed by atoms with Crippen LogP contribution < -0.4 is 0 Å². The molecule has 0 bridgehead atoms. The predicted molar refractivity (Wildman–Crippen MR) is 94.6 cm³/mol. The normalized spacial score (nSPS) is 43.7. The molecule has 1 saturated carbocycles. The SMILES string of the molecule is OC[C@@H]1O[C@H](O[C@@H]2C[C@H](c3cccc(F)c3)O[C@@H]3CCC[C@@H]23)[C@@H](O)[C@H](O)[C@H]1O. The van der Waals surface area contributed by atoms with Gasteiger partial charge < -0.3 is 34.6 Å². The second kappa shape index (κ2) is 8.31. The van der Waals surface area contributed by atoms with Gasteiger partial charge in [-0.1, -0.05) is 18.6 Å². The second-order valence-electron chi connectivity index (χ2n) is 7.92. The van der Waals surface area contributed by atoms with Crippen molar-refractivity contribution in [3.05, 3.63) is 35.6 Å². The fourth-order valence-corrected chi connectivity index (χ4v) is 4.63. The summed E-state index contributed by atoms with van der Waals surface area (Å²) >= 11 is 0.